The van der Waals surface area contributed by atoms with Crippen molar-refractivity contribution in [3.63, 3.8) is 0 Å². The van der Waals surface area contributed by atoms with Crippen molar-refractivity contribution in [1.29, 1.82) is 0 Å². The number of benzene rings is 1. The number of nitrogens with zero attached hydrogens (tertiary/aromatic N) is 3. The first-order valence-corrected chi connectivity index (χ1v) is 6.37. The van der Waals surface area contributed by atoms with Crippen LogP contribution in [0.25, 0.3) is 11.0 Å². The Morgan fingerprint density at radius 3 is 2.95 bits per heavy atom. The van der Waals surface area contributed by atoms with E-state index in [1.54, 1.807) is 25.4 Å². The molecule has 0 saturated heterocycles. The van der Waals surface area contributed by atoms with Gasteiger partial charge in [0.15, 0.2) is 5.65 Å². The molecule has 108 valence electrons. The Morgan fingerprint density at radius 2 is 2.19 bits per heavy atom. The first-order chi connectivity index (χ1) is 10.2. The third-order valence-electron chi connectivity index (χ3n) is 2.85. The fraction of sp³-hybridized carbons (Fsp3) is 0.0833. The lowest BCUT2D eigenvalue weighted by molar-refractivity contribution is 0.415. The van der Waals surface area contributed by atoms with Gasteiger partial charge in [-0.25, -0.2) is 5.84 Å². The summed E-state index contributed by atoms with van der Waals surface area (Å²) in [5, 5.41) is 11.1. The summed E-state index contributed by atoms with van der Waals surface area (Å²) in [6.45, 7) is 0. The molecule has 0 saturated carbocycles. The van der Waals surface area contributed by atoms with Crippen LogP contribution < -0.4 is 21.3 Å². The molecule has 3 aromatic rings. The Hall–Kier alpha value is -2.58. The minimum absolute atomic E-state index is 0.273. The Kier molecular flexibility index (Phi) is 3.46. The molecule has 3 rings (SSSR count). The minimum atomic E-state index is 0.273. The van der Waals surface area contributed by atoms with Crippen LogP contribution in [0.5, 0.6) is 5.75 Å². The number of hydrogen-bond acceptors (Lipinski definition) is 7. The van der Waals surface area contributed by atoms with Gasteiger partial charge in [-0.15, -0.1) is 0 Å². The minimum Gasteiger partial charge on any atom is -0.495 e. The van der Waals surface area contributed by atoms with Crippen molar-refractivity contribution < 1.29 is 4.74 Å². The number of ether oxygens (including phenoxy) is 1. The van der Waals surface area contributed by atoms with Gasteiger partial charge in [0.25, 0.3) is 0 Å². The zero-order valence-electron chi connectivity index (χ0n) is 11.0. The van der Waals surface area contributed by atoms with E-state index in [-0.39, 0.29) is 5.95 Å². The molecule has 1 aromatic carbocycles. The first-order valence-electron chi connectivity index (χ1n) is 5.99. The number of hydrazine groups is 1. The van der Waals surface area contributed by atoms with Crippen molar-refractivity contribution in [2.24, 2.45) is 5.84 Å². The number of methoxy groups -OCH3 is 1. The highest BCUT2D eigenvalue weighted by Gasteiger charge is 2.10. The van der Waals surface area contributed by atoms with Crippen LogP contribution in [0.2, 0.25) is 5.02 Å². The second-order valence-electron chi connectivity index (χ2n) is 4.15. The van der Waals surface area contributed by atoms with E-state index >= 15 is 0 Å². The van der Waals surface area contributed by atoms with Gasteiger partial charge in [-0.2, -0.15) is 15.1 Å². The van der Waals surface area contributed by atoms with Crippen molar-refractivity contribution >= 4 is 40.1 Å². The number of rotatable bonds is 4. The van der Waals surface area contributed by atoms with E-state index in [2.05, 4.69) is 30.9 Å². The summed E-state index contributed by atoms with van der Waals surface area (Å²) in [6.07, 6.45) is 1.63. The van der Waals surface area contributed by atoms with E-state index in [1.807, 2.05) is 6.07 Å². The molecular weight excluding hydrogens is 294 g/mol. The second kappa shape index (κ2) is 5.43. The molecular formula is C12H12ClN7O. The quantitative estimate of drug-likeness (QED) is 0.431. The van der Waals surface area contributed by atoms with Gasteiger partial charge in [0.05, 0.1) is 23.7 Å². The fourth-order valence-electron chi connectivity index (χ4n) is 1.87. The molecule has 2 heterocycles. The Morgan fingerprint density at radius 1 is 1.33 bits per heavy atom. The van der Waals surface area contributed by atoms with Crippen molar-refractivity contribution in [1.82, 2.24) is 20.2 Å². The van der Waals surface area contributed by atoms with Gasteiger partial charge in [0, 0.05) is 11.8 Å². The lowest BCUT2D eigenvalue weighted by Crippen LogP contribution is -2.11. The number of fused-ring (bicyclic) bond motifs is 1. The summed E-state index contributed by atoms with van der Waals surface area (Å²) in [5.41, 5.74) is 3.75. The van der Waals surface area contributed by atoms with Crippen LogP contribution in [0.4, 0.5) is 17.5 Å². The van der Waals surface area contributed by atoms with E-state index < -0.39 is 0 Å². The average Bonchev–Trinajstić information content (AvgIpc) is 2.97. The zero-order chi connectivity index (χ0) is 14.8. The molecule has 0 spiro atoms. The number of aromatic amines is 1. The molecule has 0 aliphatic rings. The number of nitrogens with two attached hydrogens (primary N) is 1. The molecule has 5 N–H and O–H groups in total. The molecule has 0 amide bonds. The molecule has 0 atom stereocenters. The van der Waals surface area contributed by atoms with Gasteiger partial charge >= 0.3 is 0 Å². The van der Waals surface area contributed by atoms with E-state index in [4.69, 9.17) is 22.2 Å². The molecule has 9 heteroatoms. The van der Waals surface area contributed by atoms with E-state index in [0.29, 0.717) is 22.2 Å². The predicted molar refractivity (Wildman–Crippen MR) is 80.8 cm³/mol. The summed E-state index contributed by atoms with van der Waals surface area (Å²) >= 11 is 6.00. The van der Waals surface area contributed by atoms with Crippen LogP contribution in [-0.2, 0) is 0 Å². The SMILES string of the molecule is COc1cc(Nc2nc(NN)nc3[nH]ncc23)ccc1Cl. The molecule has 0 bridgehead atoms. The van der Waals surface area contributed by atoms with Crippen LogP contribution in [0.3, 0.4) is 0 Å². The lowest BCUT2D eigenvalue weighted by atomic mass is 10.3. The summed E-state index contributed by atoms with van der Waals surface area (Å²) in [7, 11) is 1.56. The maximum atomic E-state index is 6.00. The standard InChI is InChI=1S/C12H12ClN7O/c1-21-9-4-6(2-3-8(9)13)16-10-7-5-15-20-11(7)18-12(17-10)19-14/h2-5H,14H2,1H3,(H3,15,16,17,18,19,20). The van der Waals surface area contributed by atoms with Crippen molar-refractivity contribution in [2.45, 2.75) is 0 Å². The van der Waals surface area contributed by atoms with Gasteiger partial charge in [-0.1, -0.05) is 11.6 Å². The van der Waals surface area contributed by atoms with E-state index in [0.717, 1.165) is 11.1 Å². The van der Waals surface area contributed by atoms with Gasteiger partial charge in [-0.05, 0) is 12.1 Å². The third kappa shape index (κ3) is 2.54. The number of aromatic nitrogens is 4. The molecule has 0 radical (unpaired) electrons. The second-order valence-corrected chi connectivity index (χ2v) is 4.55. The molecule has 2 aromatic heterocycles. The van der Waals surface area contributed by atoms with Crippen LogP contribution in [-0.4, -0.2) is 27.3 Å². The van der Waals surface area contributed by atoms with Crippen molar-refractivity contribution in [3.05, 3.63) is 29.4 Å². The summed E-state index contributed by atoms with van der Waals surface area (Å²) in [5.74, 6) is 6.76. The highest BCUT2D eigenvalue weighted by Crippen LogP contribution is 2.30. The molecule has 21 heavy (non-hydrogen) atoms. The van der Waals surface area contributed by atoms with E-state index in [1.165, 1.54) is 0 Å². The predicted octanol–water partition coefficient (Wildman–Crippen LogP) is 2.04. The number of nitrogens with one attached hydrogen (secondary N) is 3. The van der Waals surface area contributed by atoms with E-state index in [9.17, 15) is 0 Å². The third-order valence-corrected chi connectivity index (χ3v) is 3.16. The number of H-pyrrole nitrogens is 1. The topological polar surface area (TPSA) is 114 Å². The van der Waals surface area contributed by atoms with Crippen LogP contribution >= 0.6 is 11.6 Å². The summed E-state index contributed by atoms with van der Waals surface area (Å²) in [4.78, 5) is 8.43. The zero-order valence-corrected chi connectivity index (χ0v) is 11.8. The average molecular weight is 306 g/mol. The van der Waals surface area contributed by atoms with Crippen molar-refractivity contribution in [2.75, 3.05) is 17.9 Å². The lowest BCUT2D eigenvalue weighted by Gasteiger charge is -2.10. The number of nitrogen functional groups attached to an aromatic ring is 1. The summed E-state index contributed by atoms with van der Waals surface area (Å²) in [6, 6.07) is 5.32. The highest BCUT2D eigenvalue weighted by molar-refractivity contribution is 6.32. The number of anilines is 3. The molecule has 0 unspecified atom stereocenters. The fourth-order valence-corrected chi connectivity index (χ4v) is 2.06. The van der Waals surface area contributed by atoms with Crippen LogP contribution in [0.15, 0.2) is 24.4 Å². The van der Waals surface area contributed by atoms with Gasteiger partial charge in [0.2, 0.25) is 5.95 Å². The molecule has 0 aliphatic carbocycles. The van der Waals surface area contributed by atoms with Crippen molar-refractivity contribution in [3.8, 4) is 5.75 Å². The maximum absolute atomic E-state index is 6.00. The maximum Gasteiger partial charge on any atom is 0.241 e. The Bertz CT molecular complexity index is 788. The molecule has 0 aliphatic heterocycles. The van der Waals surface area contributed by atoms with Crippen LogP contribution in [0.1, 0.15) is 0 Å². The Labute approximate surface area is 124 Å². The summed E-state index contributed by atoms with van der Waals surface area (Å²) < 4.78 is 5.19. The normalized spacial score (nSPS) is 10.6. The van der Waals surface area contributed by atoms with Gasteiger partial charge in [0.1, 0.15) is 11.6 Å². The smallest absolute Gasteiger partial charge is 0.241 e. The molecule has 0 fully saturated rings. The first kappa shape index (κ1) is 13.4. The van der Waals surface area contributed by atoms with Gasteiger partial charge in [-0.3, -0.25) is 10.5 Å². The number of hydrogen-bond donors (Lipinski definition) is 4. The van der Waals surface area contributed by atoms with Crippen LogP contribution in [0, 0.1) is 0 Å². The van der Waals surface area contributed by atoms with Gasteiger partial charge < -0.3 is 10.1 Å². The number of halogens is 1. The highest BCUT2D eigenvalue weighted by atomic mass is 35.5. The largest absolute Gasteiger partial charge is 0.495 e. The molecule has 8 nitrogen and oxygen atoms in total. The monoisotopic (exact) mass is 305 g/mol. The Balaban J connectivity index is 2.03.